The van der Waals surface area contributed by atoms with Crippen molar-refractivity contribution in [1.82, 2.24) is 9.78 Å². The highest BCUT2D eigenvalue weighted by molar-refractivity contribution is 7.91. The molecule has 1 aliphatic carbocycles. The summed E-state index contributed by atoms with van der Waals surface area (Å²) in [5.41, 5.74) is 7.29. The van der Waals surface area contributed by atoms with Crippen LogP contribution in [0.5, 0.6) is 0 Å². The van der Waals surface area contributed by atoms with Crippen LogP contribution in [0.4, 0.5) is 5.69 Å². The number of nitrogens with two attached hydrogens (primary N) is 1. The first-order valence-electron chi connectivity index (χ1n) is 10.1. The summed E-state index contributed by atoms with van der Waals surface area (Å²) >= 11 is 0. The summed E-state index contributed by atoms with van der Waals surface area (Å²) in [6, 6.07) is 6.32. The molecule has 1 aromatic carbocycles. The van der Waals surface area contributed by atoms with Crippen LogP contribution in [0.15, 0.2) is 34.1 Å². The molecule has 158 valence electrons. The third-order valence-corrected chi connectivity index (χ3v) is 7.31. The van der Waals surface area contributed by atoms with Gasteiger partial charge in [-0.3, -0.25) is 9.48 Å². The number of hydrogen-bond acceptors (Lipinski definition) is 5. The molecule has 7 nitrogen and oxygen atoms in total. The summed E-state index contributed by atoms with van der Waals surface area (Å²) in [5, 5.41) is 7.39. The van der Waals surface area contributed by atoms with E-state index in [4.69, 9.17) is 5.73 Å². The Morgan fingerprint density at radius 1 is 1.31 bits per heavy atom. The molecule has 0 radical (unpaired) electrons. The van der Waals surface area contributed by atoms with Gasteiger partial charge >= 0.3 is 0 Å². The third-order valence-electron chi connectivity index (χ3n) is 5.43. The Balaban J connectivity index is 2.02. The van der Waals surface area contributed by atoms with Crippen LogP contribution in [0.3, 0.4) is 0 Å². The zero-order chi connectivity index (χ0) is 21.4. The van der Waals surface area contributed by atoms with Crippen LogP contribution in [-0.2, 0) is 34.0 Å². The fourth-order valence-corrected chi connectivity index (χ4v) is 5.23. The van der Waals surface area contributed by atoms with E-state index < -0.39 is 9.84 Å². The number of nitrogens with zero attached hydrogens (tertiary/aromatic N) is 2. The van der Waals surface area contributed by atoms with E-state index in [1.807, 2.05) is 27.7 Å². The van der Waals surface area contributed by atoms with Gasteiger partial charge in [0.2, 0.25) is 15.7 Å². The number of rotatable bonds is 8. The van der Waals surface area contributed by atoms with Crippen molar-refractivity contribution >= 4 is 21.4 Å². The number of nitrogens with one attached hydrogen (secondary N) is 1. The number of hydrogen-bond donors (Lipinski definition) is 2. The van der Waals surface area contributed by atoms with E-state index in [2.05, 4.69) is 10.4 Å². The molecule has 3 rings (SSSR count). The van der Waals surface area contributed by atoms with Gasteiger partial charge in [0, 0.05) is 17.1 Å². The maximum absolute atomic E-state index is 13.5. The lowest BCUT2D eigenvalue weighted by molar-refractivity contribution is -0.120. The molecule has 1 heterocycles. The molecule has 1 amide bonds. The largest absolute Gasteiger partial charge is 0.326 e. The van der Waals surface area contributed by atoms with Crippen molar-refractivity contribution < 1.29 is 13.2 Å². The first-order valence-corrected chi connectivity index (χ1v) is 11.6. The number of carbonyl (C=O) groups is 1. The van der Waals surface area contributed by atoms with Gasteiger partial charge in [-0.1, -0.05) is 26.8 Å². The van der Waals surface area contributed by atoms with Crippen LogP contribution in [0.2, 0.25) is 0 Å². The smallest absolute Gasteiger partial charge is 0.230 e. The van der Waals surface area contributed by atoms with Gasteiger partial charge in [-0.15, -0.1) is 0 Å². The Morgan fingerprint density at radius 2 is 2.00 bits per heavy atom. The molecule has 1 saturated carbocycles. The second-order valence-corrected chi connectivity index (χ2v) is 10.0. The van der Waals surface area contributed by atoms with Gasteiger partial charge in [0.15, 0.2) is 0 Å². The van der Waals surface area contributed by atoms with E-state index in [1.54, 1.807) is 22.9 Å². The summed E-state index contributed by atoms with van der Waals surface area (Å²) in [6.45, 7) is 8.05. The molecule has 2 aromatic rings. The highest BCUT2D eigenvalue weighted by atomic mass is 32.2. The number of sulfone groups is 1. The van der Waals surface area contributed by atoms with Gasteiger partial charge < -0.3 is 11.1 Å². The van der Waals surface area contributed by atoms with Crippen molar-refractivity contribution in [3.63, 3.8) is 0 Å². The van der Waals surface area contributed by atoms with Crippen molar-refractivity contribution in [2.24, 2.45) is 11.1 Å². The molecule has 1 aromatic heterocycles. The normalized spacial score (nSPS) is 16.4. The molecule has 0 unspecified atom stereocenters. The van der Waals surface area contributed by atoms with Crippen molar-refractivity contribution in [3.05, 3.63) is 35.7 Å². The monoisotopic (exact) mass is 418 g/mol. The van der Waals surface area contributed by atoms with Crippen molar-refractivity contribution in [3.8, 4) is 0 Å². The Kier molecular flexibility index (Phi) is 5.87. The van der Waals surface area contributed by atoms with Crippen LogP contribution in [0, 0.1) is 5.41 Å². The Labute approximate surface area is 172 Å². The standard InChI is InChI=1S/C21H30N4O3S/c1-5-17-19(18(6-2)25(24-17)13-14(3)22)29(27,28)16-9-7-8-15(12-16)23-20(26)21(4)10-11-21/h7-9,12,14H,5-6,10-11,13,22H2,1-4H3,(H,23,26)/t14-/m0/s1. The number of benzene rings is 1. The lowest BCUT2D eigenvalue weighted by atomic mass is 10.1. The summed E-state index contributed by atoms with van der Waals surface area (Å²) in [5.74, 6) is -0.0692. The van der Waals surface area contributed by atoms with Crippen LogP contribution in [-0.4, -0.2) is 30.1 Å². The van der Waals surface area contributed by atoms with Gasteiger partial charge in [0.1, 0.15) is 4.90 Å². The highest BCUT2D eigenvalue weighted by Gasteiger charge is 2.44. The molecular formula is C21H30N4O3S. The fraction of sp³-hybridized carbons (Fsp3) is 0.524. The number of carbonyl (C=O) groups excluding carboxylic acids is 1. The van der Waals surface area contributed by atoms with E-state index in [-0.39, 0.29) is 27.2 Å². The molecular weight excluding hydrogens is 388 g/mol. The van der Waals surface area contributed by atoms with Crippen molar-refractivity contribution in [1.29, 1.82) is 0 Å². The third kappa shape index (κ3) is 4.23. The number of amides is 1. The number of anilines is 1. The lowest BCUT2D eigenvalue weighted by Crippen LogP contribution is -2.24. The average Bonchev–Trinajstić information content (AvgIpc) is 3.32. The van der Waals surface area contributed by atoms with Gasteiger partial charge in [0.25, 0.3) is 0 Å². The number of aryl methyl sites for hydroxylation is 1. The van der Waals surface area contributed by atoms with Gasteiger partial charge in [0.05, 0.1) is 22.8 Å². The molecule has 1 fully saturated rings. The quantitative estimate of drug-likeness (QED) is 0.685. The summed E-state index contributed by atoms with van der Waals surface area (Å²) in [4.78, 5) is 12.8. The molecule has 29 heavy (non-hydrogen) atoms. The minimum Gasteiger partial charge on any atom is -0.326 e. The van der Waals surface area contributed by atoms with E-state index >= 15 is 0 Å². The zero-order valence-corrected chi connectivity index (χ0v) is 18.3. The second kappa shape index (κ2) is 7.91. The van der Waals surface area contributed by atoms with E-state index in [9.17, 15) is 13.2 Å². The van der Waals surface area contributed by atoms with Gasteiger partial charge in [-0.25, -0.2) is 8.42 Å². The molecule has 1 atom stereocenters. The maximum atomic E-state index is 13.5. The van der Waals surface area contributed by atoms with E-state index in [1.165, 1.54) is 6.07 Å². The van der Waals surface area contributed by atoms with Crippen LogP contribution in [0.25, 0.3) is 0 Å². The molecule has 0 saturated heterocycles. The van der Waals surface area contributed by atoms with Crippen molar-refractivity contribution in [2.45, 2.75) is 75.8 Å². The minimum absolute atomic E-state index is 0.0692. The molecule has 1 aliphatic rings. The van der Waals surface area contributed by atoms with Crippen LogP contribution < -0.4 is 11.1 Å². The van der Waals surface area contributed by atoms with Crippen LogP contribution >= 0.6 is 0 Å². The number of aromatic nitrogens is 2. The minimum atomic E-state index is -3.79. The SMILES string of the molecule is CCc1nn(C[C@H](C)N)c(CC)c1S(=O)(=O)c1cccc(NC(=O)C2(C)CC2)c1. The highest BCUT2D eigenvalue weighted by Crippen LogP contribution is 2.45. The zero-order valence-electron chi connectivity index (χ0n) is 17.5. The molecule has 0 bridgehead atoms. The Bertz CT molecular complexity index is 1020. The molecule has 0 spiro atoms. The van der Waals surface area contributed by atoms with Crippen molar-refractivity contribution in [2.75, 3.05) is 5.32 Å². The predicted octanol–water partition coefficient (Wildman–Crippen LogP) is 2.93. The summed E-state index contributed by atoms with van der Waals surface area (Å²) in [7, 11) is -3.79. The fourth-order valence-electron chi connectivity index (χ4n) is 3.40. The molecule has 8 heteroatoms. The first-order chi connectivity index (χ1) is 13.6. The average molecular weight is 419 g/mol. The maximum Gasteiger partial charge on any atom is 0.230 e. The topological polar surface area (TPSA) is 107 Å². The lowest BCUT2D eigenvalue weighted by Gasteiger charge is -2.13. The van der Waals surface area contributed by atoms with E-state index in [0.717, 1.165) is 12.8 Å². The van der Waals surface area contributed by atoms with E-state index in [0.29, 0.717) is 36.5 Å². The Hall–Kier alpha value is -2.19. The first kappa shape index (κ1) is 21.5. The van der Waals surface area contributed by atoms with Gasteiger partial charge in [-0.2, -0.15) is 5.10 Å². The Morgan fingerprint density at radius 3 is 2.55 bits per heavy atom. The summed E-state index contributed by atoms with van der Waals surface area (Å²) in [6.07, 6.45) is 2.75. The molecule has 0 aliphatic heterocycles. The van der Waals surface area contributed by atoms with Crippen LogP contribution in [0.1, 0.15) is 51.9 Å². The second-order valence-electron chi connectivity index (χ2n) is 8.14. The predicted molar refractivity (Wildman–Crippen MR) is 112 cm³/mol. The summed E-state index contributed by atoms with van der Waals surface area (Å²) < 4.78 is 28.8. The van der Waals surface area contributed by atoms with Gasteiger partial charge in [-0.05, 0) is 50.8 Å². The molecule has 3 N–H and O–H groups in total.